The summed E-state index contributed by atoms with van der Waals surface area (Å²) < 4.78 is 1.63. The number of anilines is 2. The van der Waals surface area contributed by atoms with Crippen LogP contribution in [0.2, 0.25) is 0 Å². The first-order valence-corrected chi connectivity index (χ1v) is 11.4. The van der Waals surface area contributed by atoms with Crippen molar-refractivity contribution >= 4 is 17.5 Å². The number of nitrogens with zero attached hydrogens (tertiary/aromatic N) is 4. The van der Waals surface area contributed by atoms with Gasteiger partial charge in [0.2, 0.25) is 0 Å². The summed E-state index contributed by atoms with van der Waals surface area (Å²) in [6, 6.07) is 5.59. The van der Waals surface area contributed by atoms with E-state index in [1.807, 2.05) is 0 Å². The van der Waals surface area contributed by atoms with Gasteiger partial charge in [0, 0.05) is 43.6 Å². The number of carbonyl (C=O) groups is 1. The number of nitrogens with one attached hydrogen (secondary N) is 3. The van der Waals surface area contributed by atoms with E-state index >= 15 is 0 Å². The Morgan fingerprint density at radius 2 is 1.94 bits per heavy atom. The van der Waals surface area contributed by atoms with Gasteiger partial charge >= 0.3 is 5.69 Å². The molecule has 1 amide bonds. The van der Waals surface area contributed by atoms with E-state index in [0.717, 1.165) is 58.4 Å². The lowest BCUT2D eigenvalue weighted by atomic mass is 10.1. The molecule has 0 saturated carbocycles. The normalized spacial score (nSPS) is 17.7. The summed E-state index contributed by atoms with van der Waals surface area (Å²) in [4.78, 5) is 35.5. The number of rotatable bonds is 9. The average molecular weight is 441 g/mol. The van der Waals surface area contributed by atoms with Gasteiger partial charge in [-0.1, -0.05) is 0 Å². The number of hydrogen-bond donors (Lipinski definition) is 4. The lowest BCUT2D eigenvalue weighted by Crippen LogP contribution is -2.56. The highest BCUT2D eigenvalue weighted by molar-refractivity contribution is 5.95. The quantitative estimate of drug-likeness (QED) is 0.409. The molecule has 2 fully saturated rings. The summed E-state index contributed by atoms with van der Waals surface area (Å²) in [5, 5.41) is 9.09. The fourth-order valence-electron chi connectivity index (χ4n) is 3.89. The van der Waals surface area contributed by atoms with Gasteiger partial charge in [0.1, 0.15) is 11.6 Å². The molecule has 32 heavy (non-hydrogen) atoms. The molecular weight excluding hydrogens is 408 g/mol. The number of aryl methyl sites for hydroxylation is 1. The Labute approximate surface area is 187 Å². The largest absolute Gasteiger partial charge is 0.349 e. The van der Waals surface area contributed by atoms with Gasteiger partial charge < -0.3 is 26.6 Å². The summed E-state index contributed by atoms with van der Waals surface area (Å²) >= 11 is 0. The zero-order valence-electron chi connectivity index (χ0n) is 18.3. The zero-order valence-corrected chi connectivity index (χ0v) is 18.3. The Hall–Kier alpha value is -2.82. The maximum absolute atomic E-state index is 12.4. The molecule has 2 aromatic rings. The van der Waals surface area contributed by atoms with E-state index in [9.17, 15) is 9.59 Å². The van der Waals surface area contributed by atoms with Gasteiger partial charge in [-0.15, -0.1) is 0 Å². The van der Waals surface area contributed by atoms with Gasteiger partial charge in [0.25, 0.3) is 5.91 Å². The van der Waals surface area contributed by atoms with E-state index in [0.29, 0.717) is 29.8 Å². The standard InChI is InChI=1S/C22H32N8O2/c23-17-4-10-29(11-5-17)8-1-2-9-30-12-6-19(28-22(30)32)27-20-13-16(3-7-25-20)21(31)26-18-14-24-15-18/h3,6-7,12-13,17-18,24H,1-2,4-5,8-11,14-15,23H2,(H,26,31)(H,25,27,28,32). The minimum absolute atomic E-state index is 0.141. The topological polar surface area (TPSA) is 130 Å². The second-order valence-corrected chi connectivity index (χ2v) is 8.56. The van der Waals surface area contributed by atoms with Crippen LogP contribution in [0.4, 0.5) is 11.6 Å². The third kappa shape index (κ3) is 6.12. The first-order chi connectivity index (χ1) is 15.6. The van der Waals surface area contributed by atoms with Gasteiger partial charge in [0.15, 0.2) is 0 Å². The molecule has 2 aromatic heterocycles. The molecule has 5 N–H and O–H groups in total. The van der Waals surface area contributed by atoms with Crippen molar-refractivity contribution in [1.82, 2.24) is 30.1 Å². The molecule has 0 spiro atoms. The van der Waals surface area contributed by atoms with E-state index in [2.05, 4.69) is 30.8 Å². The van der Waals surface area contributed by atoms with E-state index in [-0.39, 0.29) is 17.6 Å². The van der Waals surface area contributed by atoms with Crippen molar-refractivity contribution in [1.29, 1.82) is 0 Å². The minimum Gasteiger partial charge on any atom is -0.347 e. The summed E-state index contributed by atoms with van der Waals surface area (Å²) in [7, 11) is 0. The maximum atomic E-state index is 12.4. The Kier molecular flexibility index (Phi) is 7.46. The molecule has 0 aliphatic carbocycles. The molecule has 0 aromatic carbocycles. The van der Waals surface area contributed by atoms with Crippen LogP contribution in [0.3, 0.4) is 0 Å². The molecule has 172 valence electrons. The van der Waals surface area contributed by atoms with Crippen LogP contribution in [-0.2, 0) is 6.54 Å². The Bertz CT molecular complexity index is 966. The molecule has 10 nitrogen and oxygen atoms in total. The van der Waals surface area contributed by atoms with Crippen molar-refractivity contribution in [2.24, 2.45) is 5.73 Å². The monoisotopic (exact) mass is 440 g/mol. The van der Waals surface area contributed by atoms with Crippen LogP contribution < -0.4 is 27.4 Å². The summed E-state index contributed by atoms with van der Waals surface area (Å²) in [5.74, 6) is 0.733. The Morgan fingerprint density at radius 3 is 2.66 bits per heavy atom. The van der Waals surface area contributed by atoms with Crippen molar-refractivity contribution in [2.75, 3.05) is 38.0 Å². The Morgan fingerprint density at radius 1 is 1.16 bits per heavy atom. The van der Waals surface area contributed by atoms with Crippen molar-refractivity contribution in [3.8, 4) is 0 Å². The fourth-order valence-corrected chi connectivity index (χ4v) is 3.89. The van der Waals surface area contributed by atoms with Crippen molar-refractivity contribution in [2.45, 2.75) is 44.3 Å². The molecule has 0 radical (unpaired) electrons. The van der Waals surface area contributed by atoms with Gasteiger partial charge in [-0.25, -0.2) is 9.78 Å². The summed E-state index contributed by atoms with van der Waals surface area (Å²) in [6.45, 7) is 5.39. The van der Waals surface area contributed by atoms with Crippen molar-refractivity contribution in [3.05, 3.63) is 46.6 Å². The zero-order chi connectivity index (χ0) is 22.3. The molecule has 2 aliphatic heterocycles. The van der Waals surface area contributed by atoms with E-state index in [1.54, 1.807) is 35.2 Å². The smallest absolute Gasteiger partial charge is 0.347 e. The Balaban J connectivity index is 1.26. The first-order valence-electron chi connectivity index (χ1n) is 11.4. The lowest BCUT2D eigenvalue weighted by molar-refractivity contribution is 0.0924. The van der Waals surface area contributed by atoms with Crippen LogP contribution in [0.1, 0.15) is 36.0 Å². The number of nitrogens with two attached hydrogens (primary N) is 1. The highest BCUT2D eigenvalue weighted by atomic mass is 16.2. The van der Waals surface area contributed by atoms with Gasteiger partial charge in [-0.2, -0.15) is 4.98 Å². The lowest BCUT2D eigenvalue weighted by Gasteiger charge is -2.29. The van der Waals surface area contributed by atoms with Crippen LogP contribution in [0.5, 0.6) is 0 Å². The number of unbranched alkanes of at least 4 members (excludes halogenated alkanes) is 1. The average Bonchev–Trinajstić information content (AvgIpc) is 2.76. The highest BCUT2D eigenvalue weighted by Gasteiger charge is 2.20. The molecule has 2 saturated heterocycles. The number of amides is 1. The van der Waals surface area contributed by atoms with Crippen LogP contribution in [0.15, 0.2) is 35.4 Å². The van der Waals surface area contributed by atoms with Crippen LogP contribution in [0.25, 0.3) is 0 Å². The van der Waals surface area contributed by atoms with Crippen LogP contribution in [-0.4, -0.2) is 70.1 Å². The van der Waals surface area contributed by atoms with E-state index in [4.69, 9.17) is 5.73 Å². The fraction of sp³-hybridized carbons (Fsp3) is 0.545. The molecule has 4 heterocycles. The van der Waals surface area contributed by atoms with Gasteiger partial charge in [0.05, 0.1) is 6.04 Å². The predicted molar refractivity (Wildman–Crippen MR) is 123 cm³/mol. The second kappa shape index (κ2) is 10.7. The molecular formula is C22H32N8O2. The molecule has 10 heteroatoms. The van der Waals surface area contributed by atoms with Crippen molar-refractivity contribution in [3.63, 3.8) is 0 Å². The maximum Gasteiger partial charge on any atom is 0.349 e. The molecule has 0 bridgehead atoms. The second-order valence-electron chi connectivity index (χ2n) is 8.56. The molecule has 0 unspecified atom stereocenters. The third-order valence-corrected chi connectivity index (χ3v) is 6.02. The number of likely N-dealkylation sites (tertiary alicyclic amines) is 1. The van der Waals surface area contributed by atoms with Crippen LogP contribution in [0, 0.1) is 0 Å². The number of hydrogen-bond acceptors (Lipinski definition) is 8. The number of aromatic nitrogens is 3. The molecule has 2 aliphatic rings. The minimum atomic E-state index is -0.301. The number of piperidine rings is 1. The van der Waals surface area contributed by atoms with Crippen LogP contribution >= 0.6 is 0 Å². The van der Waals surface area contributed by atoms with E-state index < -0.39 is 0 Å². The SMILES string of the molecule is NC1CCN(CCCCn2ccc(Nc3cc(C(=O)NC4CNC4)ccn3)nc2=O)CC1. The summed E-state index contributed by atoms with van der Waals surface area (Å²) in [6.07, 6.45) is 7.41. The highest BCUT2D eigenvalue weighted by Crippen LogP contribution is 2.13. The van der Waals surface area contributed by atoms with Gasteiger partial charge in [-0.3, -0.25) is 9.36 Å². The molecule has 0 atom stereocenters. The predicted octanol–water partition coefficient (Wildman–Crippen LogP) is 0.287. The number of pyridine rings is 1. The van der Waals surface area contributed by atoms with Crippen molar-refractivity contribution < 1.29 is 4.79 Å². The molecule has 4 rings (SSSR count). The summed E-state index contributed by atoms with van der Waals surface area (Å²) in [5.41, 5.74) is 6.16. The van der Waals surface area contributed by atoms with Gasteiger partial charge in [-0.05, 0) is 63.5 Å². The first kappa shape index (κ1) is 22.4. The van der Waals surface area contributed by atoms with E-state index in [1.165, 1.54) is 0 Å². The third-order valence-electron chi connectivity index (χ3n) is 6.02. The number of carbonyl (C=O) groups excluding carboxylic acids is 1.